The van der Waals surface area contributed by atoms with Gasteiger partial charge in [-0.2, -0.15) is 0 Å². The number of nitrogens with zero attached hydrogens (tertiary/aromatic N) is 2. The lowest BCUT2D eigenvalue weighted by Crippen LogP contribution is -2.31. The summed E-state index contributed by atoms with van der Waals surface area (Å²) in [6.45, 7) is 2.40. The fraction of sp³-hybridized carbons (Fsp3) is 0.217. The molecule has 2 aromatic carbocycles. The third kappa shape index (κ3) is 3.55. The number of carbonyl (C=O) groups is 2. The van der Waals surface area contributed by atoms with Crippen molar-refractivity contribution in [1.82, 2.24) is 4.57 Å². The Hall–Kier alpha value is -3.25. The molecule has 30 heavy (non-hydrogen) atoms. The minimum atomic E-state index is -0.689. The van der Waals surface area contributed by atoms with Gasteiger partial charge in [-0.05, 0) is 55.0 Å². The first-order valence-corrected chi connectivity index (χ1v) is 9.99. The van der Waals surface area contributed by atoms with E-state index in [-0.39, 0.29) is 12.5 Å². The Morgan fingerprint density at radius 3 is 2.60 bits per heavy atom. The quantitative estimate of drug-likeness (QED) is 0.548. The SMILES string of the molecule is CCOC(=O)c1cccn1C1C(=O)N(Cc2ccc(OC)cc2)c2ccc(Cl)cc21. The Morgan fingerprint density at radius 2 is 1.90 bits per heavy atom. The molecule has 7 heteroatoms. The lowest BCUT2D eigenvalue weighted by molar-refractivity contribution is -0.120. The first-order chi connectivity index (χ1) is 14.5. The summed E-state index contributed by atoms with van der Waals surface area (Å²) < 4.78 is 12.0. The fourth-order valence-corrected chi connectivity index (χ4v) is 3.91. The van der Waals surface area contributed by atoms with Crippen molar-refractivity contribution in [2.75, 3.05) is 18.6 Å². The summed E-state index contributed by atoms with van der Waals surface area (Å²) in [4.78, 5) is 27.6. The van der Waals surface area contributed by atoms with Crippen LogP contribution in [0, 0.1) is 0 Å². The summed E-state index contributed by atoms with van der Waals surface area (Å²) in [6, 6.07) is 15.7. The number of fused-ring (bicyclic) bond motifs is 1. The molecule has 3 aromatic rings. The van der Waals surface area contributed by atoms with Gasteiger partial charge in [-0.25, -0.2) is 4.79 Å². The van der Waals surface area contributed by atoms with E-state index in [4.69, 9.17) is 21.1 Å². The van der Waals surface area contributed by atoms with Crippen LogP contribution in [0.15, 0.2) is 60.8 Å². The molecule has 0 saturated carbocycles. The molecule has 0 N–H and O–H groups in total. The molecule has 1 amide bonds. The molecule has 2 heterocycles. The second-order valence-corrected chi connectivity index (χ2v) is 7.34. The fourth-order valence-electron chi connectivity index (χ4n) is 3.73. The number of benzene rings is 2. The van der Waals surface area contributed by atoms with Crippen molar-refractivity contribution in [2.24, 2.45) is 0 Å². The van der Waals surface area contributed by atoms with E-state index in [0.29, 0.717) is 17.3 Å². The molecule has 1 unspecified atom stereocenters. The molecule has 0 bridgehead atoms. The van der Waals surface area contributed by atoms with Gasteiger partial charge in [0, 0.05) is 16.8 Å². The van der Waals surface area contributed by atoms with Gasteiger partial charge in [0.25, 0.3) is 5.91 Å². The Morgan fingerprint density at radius 1 is 1.13 bits per heavy atom. The van der Waals surface area contributed by atoms with Crippen molar-refractivity contribution in [3.05, 3.63) is 82.6 Å². The number of aromatic nitrogens is 1. The van der Waals surface area contributed by atoms with E-state index in [0.717, 1.165) is 22.6 Å². The summed E-state index contributed by atoms with van der Waals surface area (Å²) in [5, 5.41) is 0.530. The summed E-state index contributed by atoms with van der Waals surface area (Å²) in [7, 11) is 1.61. The van der Waals surface area contributed by atoms with Gasteiger partial charge in [0.1, 0.15) is 17.5 Å². The molecule has 0 aliphatic carbocycles. The molecular formula is C23H21ClN2O4. The average molecular weight is 425 g/mol. The largest absolute Gasteiger partial charge is 0.497 e. The highest BCUT2D eigenvalue weighted by Gasteiger charge is 2.39. The Balaban J connectivity index is 1.73. The standard InChI is InChI=1S/C23H21ClN2O4/c1-3-30-23(28)20-5-4-12-25(20)21-18-13-16(24)8-11-19(18)26(22(21)27)14-15-6-9-17(29-2)10-7-15/h4-13,21H,3,14H2,1-2H3. The lowest BCUT2D eigenvalue weighted by atomic mass is 10.1. The first-order valence-electron chi connectivity index (χ1n) is 9.61. The predicted octanol–water partition coefficient (Wildman–Crippen LogP) is 4.46. The minimum absolute atomic E-state index is 0.134. The number of anilines is 1. The number of ether oxygens (including phenoxy) is 2. The van der Waals surface area contributed by atoms with Crippen LogP contribution in [-0.4, -0.2) is 30.2 Å². The van der Waals surface area contributed by atoms with E-state index in [9.17, 15) is 9.59 Å². The van der Waals surface area contributed by atoms with E-state index in [1.165, 1.54) is 0 Å². The minimum Gasteiger partial charge on any atom is -0.497 e. The van der Waals surface area contributed by atoms with E-state index in [2.05, 4.69) is 0 Å². The summed E-state index contributed by atoms with van der Waals surface area (Å²) in [6.07, 6.45) is 1.72. The first kappa shape index (κ1) is 20.0. The highest BCUT2D eigenvalue weighted by Crippen LogP contribution is 2.41. The van der Waals surface area contributed by atoms with Crippen molar-refractivity contribution in [1.29, 1.82) is 0 Å². The molecule has 0 spiro atoms. The molecule has 154 valence electrons. The van der Waals surface area contributed by atoms with Crippen molar-refractivity contribution in [3.8, 4) is 5.75 Å². The van der Waals surface area contributed by atoms with E-state index < -0.39 is 12.0 Å². The van der Waals surface area contributed by atoms with Crippen LogP contribution in [0.2, 0.25) is 5.02 Å². The zero-order valence-electron chi connectivity index (χ0n) is 16.7. The maximum Gasteiger partial charge on any atom is 0.354 e. The van der Waals surface area contributed by atoms with Crippen molar-refractivity contribution >= 4 is 29.2 Å². The van der Waals surface area contributed by atoms with Gasteiger partial charge in [-0.15, -0.1) is 0 Å². The molecular weight excluding hydrogens is 404 g/mol. The number of methoxy groups -OCH3 is 1. The number of amides is 1. The number of rotatable bonds is 6. The van der Waals surface area contributed by atoms with Crippen LogP contribution < -0.4 is 9.64 Å². The second kappa shape index (κ2) is 8.24. The molecule has 0 saturated heterocycles. The monoisotopic (exact) mass is 424 g/mol. The van der Waals surface area contributed by atoms with Gasteiger partial charge in [0.05, 0.1) is 25.9 Å². The normalized spacial score (nSPS) is 15.2. The third-order valence-electron chi connectivity index (χ3n) is 5.12. The van der Waals surface area contributed by atoms with Crippen LogP contribution in [0.5, 0.6) is 5.75 Å². The van der Waals surface area contributed by atoms with Gasteiger partial charge >= 0.3 is 5.97 Å². The molecule has 1 aromatic heterocycles. The van der Waals surface area contributed by atoms with Crippen LogP contribution in [0.4, 0.5) is 5.69 Å². The van der Waals surface area contributed by atoms with Gasteiger partial charge in [0.2, 0.25) is 0 Å². The smallest absolute Gasteiger partial charge is 0.354 e. The summed E-state index contributed by atoms with van der Waals surface area (Å²) in [5.41, 5.74) is 2.81. The zero-order valence-corrected chi connectivity index (χ0v) is 17.4. The maximum atomic E-state index is 13.5. The number of esters is 1. The van der Waals surface area contributed by atoms with Gasteiger partial charge in [0.15, 0.2) is 0 Å². The zero-order chi connectivity index (χ0) is 21.3. The molecule has 0 fully saturated rings. The van der Waals surface area contributed by atoms with Gasteiger partial charge in [-0.1, -0.05) is 23.7 Å². The topological polar surface area (TPSA) is 60.8 Å². The molecule has 1 aliphatic rings. The number of halogens is 1. The molecule has 1 aliphatic heterocycles. The van der Waals surface area contributed by atoms with E-state index >= 15 is 0 Å². The molecule has 1 atom stereocenters. The number of hydrogen-bond donors (Lipinski definition) is 0. The van der Waals surface area contributed by atoms with Gasteiger partial charge in [-0.3, -0.25) is 4.79 Å². The van der Waals surface area contributed by atoms with Crippen LogP contribution in [0.3, 0.4) is 0 Å². The molecule has 6 nitrogen and oxygen atoms in total. The Kier molecular flexibility index (Phi) is 5.50. The Labute approximate surface area is 179 Å². The van der Waals surface area contributed by atoms with Crippen molar-refractivity contribution in [3.63, 3.8) is 0 Å². The summed E-state index contributed by atoms with van der Waals surface area (Å²) in [5.74, 6) is 0.153. The lowest BCUT2D eigenvalue weighted by Gasteiger charge is -2.19. The van der Waals surface area contributed by atoms with Crippen LogP contribution in [-0.2, 0) is 16.1 Å². The highest BCUT2D eigenvalue weighted by molar-refractivity contribution is 6.31. The van der Waals surface area contributed by atoms with Crippen molar-refractivity contribution in [2.45, 2.75) is 19.5 Å². The second-order valence-electron chi connectivity index (χ2n) is 6.90. The van der Waals surface area contributed by atoms with Crippen molar-refractivity contribution < 1.29 is 19.1 Å². The highest BCUT2D eigenvalue weighted by atomic mass is 35.5. The molecule has 4 rings (SSSR count). The third-order valence-corrected chi connectivity index (χ3v) is 5.35. The molecule has 0 radical (unpaired) electrons. The van der Waals surface area contributed by atoms with Gasteiger partial charge < -0.3 is 18.9 Å². The van der Waals surface area contributed by atoms with Crippen LogP contribution >= 0.6 is 11.6 Å². The van der Waals surface area contributed by atoms with Crippen LogP contribution in [0.25, 0.3) is 0 Å². The van der Waals surface area contributed by atoms with Crippen LogP contribution in [0.1, 0.15) is 34.6 Å². The predicted molar refractivity (Wildman–Crippen MR) is 114 cm³/mol. The van der Waals surface area contributed by atoms with E-state index in [1.54, 1.807) is 54.0 Å². The maximum absolute atomic E-state index is 13.5. The Bertz CT molecular complexity index is 1090. The number of hydrogen-bond acceptors (Lipinski definition) is 4. The summed E-state index contributed by atoms with van der Waals surface area (Å²) >= 11 is 6.25. The number of carbonyl (C=O) groups excluding carboxylic acids is 2. The van der Waals surface area contributed by atoms with E-state index in [1.807, 2.05) is 30.3 Å². The average Bonchev–Trinajstić information content (AvgIpc) is 3.31.